The van der Waals surface area contributed by atoms with Crippen LogP contribution in [0.15, 0.2) is 24.3 Å². The van der Waals surface area contributed by atoms with Crippen LogP contribution in [0.5, 0.6) is 5.75 Å². The summed E-state index contributed by atoms with van der Waals surface area (Å²) in [5.41, 5.74) is 0.647. The number of hydrogen-bond donors (Lipinski definition) is 0. The molecule has 0 saturated carbocycles. The smallest absolute Gasteiger partial charge is 0.263 e. The Labute approximate surface area is 126 Å². The van der Waals surface area contributed by atoms with Crippen molar-refractivity contribution in [2.45, 2.75) is 45.6 Å². The van der Waals surface area contributed by atoms with Gasteiger partial charge < -0.3 is 9.64 Å². The zero-order chi connectivity index (χ0) is 15.2. The zero-order valence-corrected chi connectivity index (χ0v) is 12.8. The second-order valence-electron chi connectivity index (χ2n) is 5.58. The monoisotopic (exact) mass is 289 g/mol. The van der Waals surface area contributed by atoms with Gasteiger partial charge in [0, 0.05) is 18.7 Å². The van der Waals surface area contributed by atoms with Gasteiger partial charge in [-0.15, -0.1) is 0 Å². The lowest BCUT2D eigenvalue weighted by atomic mass is 10.1. The topological polar surface area (TPSA) is 46.6 Å². The van der Waals surface area contributed by atoms with Crippen LogP contribution in [0.25, 0.3) is 0 Å². The van der Waals surface area contributed by atoms with Gasteiger partial charge in [-0.05, 0) is 51.0 Å². The van der Waals surface area contributed by atoms with Crippen LogP contribution in [-0.4, -0.2) is 35.8 Å². The minimum atomic E-state index is -0.494. The largest absolute Gasteiger partial charge is 0.481 e. The quantitative estimate of drug-likeness (QED) is 0.800. The van der Waals surface area contributed by atoms with E-state index in [-0.39, 0.29) is 11.7 Å². The summed E-state index contributed by atoms with van der Waals surface area (Å²) in [4.78, 5) is 25.5. The third kappa shape index (κ3) is 4.31. The molecule has 0 N–H and O–H groups in total. The van der Waals surface area contributed by atoms with Gasteiger partial charge >= 0.3 is 0 Å². The van der Waals surface area contributed by atoms with E-state index in [4.69, 9.17) is 4.74 Å². The van der Waals surface area contributed by atoms with E-state index >= 15 is 0 Å². The van der Waals surface area contributed by atoms with Crippen molar-refractivity contribution in [1.82, 2.24) is 4.90 Å². The highest BCUT2D eigenvalue weighted by atomic mass is 16.5. The van der Waals surface area contributed by atoms with Gasteiger partial charge in [-0.25, -0.2) is 0 Å². The molecular weight excluding hydrogens is 266 g/mol. The van der Waals surface area contributed by atoms with E-state index in [1.54, 1.807) is 31.2 Å². The van der Waals surface area contributed by atoms with E-state index in [2.05, 4.69) is 0 Å². The molecule has 1 aliphatic rings. The highest BCUT2D eigenvalue weighted by Gasteiger charge is 2.22. The number of carbonyl (C=O) groups excluding carboxylic acids is 2. The third-order valence-corrected chi connectivity index (χ3v) is 3.84. The normalized spacial score (nSPS) is 17.0. The molecule has 21 heavy (non-hydrogen) atoms. The van der Waals surface area contributed by atoms with Crippen LogP contribution in [0, 0.1) is 0 Å². The van der Waals surface area contributed by atoms with E-state index in [1.165, 1.54) is 19.8 Å². The lowest BCUT2D eigenvalue weighted by molar-refractivity contribution is -0.137. The fourth-order valence-corrected chi connectivity index (χ4v) is 2.57. The summed E-state index contributed by atoms with van der Waals surface area (Å²) >= 11 is 0. The number of carbonyl (C=O) groups is 2. The van der Waals surface area contributed by atoms with E-state index in [0.29, 0.717) is 11.3 Å². The van der Waals surface area contributed by atoms with Crippen molar-refractivity contribution in [2.75, 3.05) is 13.1 Å². The average molecular weight is 289 g/mol. The van der Waals surface area contributed by atoms with Gasteiger partial charge in [0.25, 0.3) is 5.91 Å². The van der Waals surface area contributed by atoms with Crippen molar-refractivity contribution in [3.8, 4) is 5.75 Å². The Hall–Kier alpha value is -1.84. The highest BCUT2D eigenvalue weighted by Crippen LogP contribution is 2.16. The van der Waals surface area contributed by atoms with Crippen LogP contribution in [0.3, 0.4) is 0 Å². The Bertz CT molecular complexity index is 487. The zero-order valence-electron chi connectivity index (χ0n) is 12.8. The molecular formula is C17H23NO3. The predicted molar refractivity (Wildman–Crippen MR) is 81.6 cm³/mol. The van der Waals surface area contributed by atoms with Gasteiger partial charge in [0.05, 0.1) is 0 Å². The second kappa shape index (κ2) is 7.25. The molecule has 0 bridgehead atoms. The molecule has 0 aliphatic carbocycles. The Balaban J connectivity index is 1.94. The third-order valence-electron chi connectivity index (χ3n) is 3.84. The Morgan fingerprint density at radius 2 is 1.62 bits per heavy atom. The molecule has 1 heterocycles. The van der Waals surface area contributed by atoms with Gasteiger partial charge in [-0.3, -0.25) is 9.59 Å². The SMILES string of the molecule is CC(=O)c1ccc(O[C@@H](C)C(=O)N2CCCCCC2)cc1. The molecule has 2 rings (SSSR count). The van der Waals surface area contributed by atoms with Gasteiger partial charge in [0.1, 0.15) is 5.75 Å². The molecule has 0 unspecified atom stereocenters. The molecule has 1 aromatic rings. The molecule has 1 fully saturated rings. The van der Waals surface area contributed by atoms with Crippen molar-refractivity contribution in [1.29, 1.82) is 0 Å². The fourth-order valence-electron chi connectivity index (χ4n) is 2.57. The molecule has 1 aromatic carbocycles. The standard InChI is InChI=1S/C17H23NO3/c1-13(19)15-7-9-16(10-8-15)21-14(2)17(20)18-11-5-3-4-6-12-18/h7-10,14H,3-6,11-12H2,1-2H3/t14-/m0/s1. The summed E-state index contributed by atoms with van der Waals surface area (Å²) in [6.45, 7) is 4.97. The van der Waals surface area contributed by atoms with Crippen LogP contribution in [0.4, 0.5) is 0 Å². The van der Waals surface area contributed by atoms with E-state index in [1.807, 2.05) is 4.90 Å². The van der Waals surface area contributed by atoms with Gasteiger partial charge in [-0.1, -0.05) is 12.8 Å². The molecule has 4 nitrogen and oxygen atoms in total. The molecule has 1 amide bonds. The first-order chi connectivity index (χ1) is 10.1. The van der Waals surface area contributed by atoms with Gasteiger partial charge in [-0.2, -0.15) is 0 Å². The summed E-state index contributed by atoms with van der Waals surface area (Å²) in [6.07, 6.45) is 4.06. The summed E-state index contributed by atoms with van der Waals surface area (Å²) in [5, 5.41) is 0. The van der Waals surface area contributed by atoms with Crippen LogP contribution in [-0.2, 0) is 4.79 Å². The van der Waals surface area contributed by atoms with E-state index in [9.17, 15) is 9.59 Å². The van der Waals surface area contributed by atoms with Crippen LogP contribution in [0.2, 0.25) is 0 Å². The number of nitrogens with zero attached hydrogens (tertiary/aromatic N) is 1. The average Bonchev–Trinajstić information content (AvgIpc) is 2.76. The van der Waals surface area contributed by atoms with Crippen molar-refractivity contribution in [3.05, 3.63) is 29.8 Å². The van der Waals surface area contributed by atoms with Crippen molar-refractivity contribution >= 4 is 11.7 Å². The summed E-state index contributed by atoms with van der Waals surface area (Å²) in [7, 11) is 0. The number of benzene rings is 1. The molecule has 4 heteroatoms. The molecule has 0 radical (unpaired) electrons. The van der Waals surface area contributed by atoms with Crippen LogP contribution < -0.4 is 4.74 Å². The van der Waals surface area contributed by atoms with Crippen molar-refractivity contribution in [3.63, 3.8) is 0 Å². The minimum Gasteiger partial charge on any atom is -0.481 e. The number of ketones is 1. The lowest BCUT2D eigenvalue weighted by Gasteiger charge is -2.24. The summed E-state index contributed by atoms with van der Waals surface area (Å²) in [5.74, 6) is 0.693. The number of Topliss-reactive ketones (excluding diaryl/α,β-unsaturated/α-hetero) is 1. The molecule has 0 spiro atoms. The van der Waals surface area contributed by atoms with Crippen molar-refractivity contribution in [2.24, 2.45) is 0 Å². The van der Waals surface area contributed by atoms with Crippen LogP contribution >= 0.6 is 0 Å². The maximum atomic E-state index is 12.4. The first-order valence-electron chi connectivity index (χ1n) is 7.64. The van der Waals surface area contributed by atoms with Gasteiger partial charge in [0.2, 0.25) is 0 Å². The maximum absolute atomic E-state index is 12.4. The fraction of sp³-hybridized carbons (Fsp3) is 0.529. The second-order valence-corrected chi connectivity index (χ2v) is 5.58. The number of amides is 1. The van der Waals surface area contributed by atoms with Crippen molar-refractivity contribution < 1.29 is 14.3 Å². The predicted octanol–water partition coefficient (Wildman–Crippen LogP) is 3.06. The first kappa shape index (κ1) is 15.5. The molecule has 1 aliphatic heterocycles. The Morgan fingerprint density at radius 1 is 1.05 bits per heavy atom. The number of likely N-dealkylation sites (tertiary alicyclic amines) is 1. The number of hydrogen-bond acceptors (Lipinski definition) is 3. The van der Waals surface area contributed by atoms with E-state index in [0.717, 1.165) is 25.9 Å². The summed E-state index contributed by atoms with van der Waals surface area (Å²) < 4.78 is 5.70. The molecule has 1 saturated heterocycles. The number of rotatable bonds is 4. The minimum absolute atomic E-state index is 0.0234. The Morgan fingerprint density at radius 3 is 2.14 bits per heavy atom. The molecule has 114 valence electrons. The summed E-state index contributed by atoms with van der Waals surface area (Å²) in [6, 6.07) is 6.92. The molecule has 1 atom stereocenters. The number of ether oxygens (including phenoxy) is 1. The highest BCUT2D eigenvalue weighted by molar-refractivity contribution is 5.94. The van der Waals surface area contributed by atoms with E-state index < -0.39 is 6.10 Å². The van der Waals surface area contributed by atoms with Gasteiger partial charge in [0.15, 0.2) is 11.9 Å². The lowest BCUT2D eigenvalue weighted by Crippen LogP contribution is -2.40. The Kier molecular flexibility index (Phi) is 5.37. The maximum Gasteiger partial charge on any atom is 0.263 e. The molecule has 0 aromatic heterocycles. The van der Waals surface area contributed by atoms with Crippen LogP contribution in [0.1, 0.15) is 49.9 Å². The first-order valence-corrected chi connectivity index (χ1v) is 7.64.